The number of carbonyl (C=O) groups is 6. The average molecular weight is 795 g/mol. The van der Waals surface area contributed by atoms with Crippen LogP contribution >= 0.6 is 0 Å². The summed E-state index contributed by atoms with van der Waals surface area (Å²) in [6.07, 6.45) is 4.01. The molecule has 3 rings (SSSR count). The van der Waals surface area contributed by atoms with Crippen LogP contribution in [-0.2, 0) is 48.2 Å². The van der Waals surface area contributed by atoms with Gasteiger partial charge in [0.2, 0.25) is 35.4 Å². The second-order valence-corrected chi connectivity index (χ2v) is 13.7. The van der Waals surface area contributed by atoms with Gasteiger partial charge in [-0.25, -0.2) is 0 Å². The largest absolute Gasteiger partial charge is 0.508 e. The lowest BCUT2D eigenvalue weighted by atomic mass is 10.0. The standard InChI is InChI=1S/C38H54N10O9/c1-23-21-48(47-46-23)18-6-4-8-29(41-24(2)50)35(54)44-32(20-26-11-15-28(52)16-12-26)37(56)42-30(7-3-5-17-39)36(55)45-33(22-49)38(57)43-31(34(40)53)19-25-9-13-27(51)14-10-25/h9-16,21,29-33,49,51-52H,3-8,17-20,22,39H2,1-2H3,(H2,40,53)(H,41,50)(H,42,56)(H,43,57)(H,44,54)(H,45,55)/t29-,30+,31+,32+,33+/m0/s1. The molecule has 3 aromatic rings. The predicted octanol–water partition coefficient (Wildman–Crippen LogP) is -1.30. The molecule has 1 aromatic heterocycles. The van der Waals surface area contributed by atoms with E-state index in [2.05, 4.69) is 36.9 Å². The number of nitrogens with zero attached hydrogens (tertiary/aromatic N) is 3. The number of phenolic OH excluding ortho intramolecular Hbond substituents is 2. The van der Waals surface area contributed by atoms with Gasteiger partial charge in [-0.2, -0.15) is 0 Å². The Morgan fingerprint density at radius 3 is 1.61 bits per heavy atom. The van der Waals surface area contributed by atoms with Crippen molar-refractivity contribution < 1.29 is 44.1 Å². The number of aromatic nitrogens is 3. The SMILES string of the molecule is CC(=O)N[C@@H](CCCCn1cc(C)nn1)C(=O)N[C@H](Cc1ccc(O)cc1)C(=O)N[C@H](CCCCN)C(=O)N[C@H](CO)C(=O)N[C@H](Cc1ccc(O)cc1)C(N)=O. The second-order valence-electron chi connectivity index (χ2n) is 13.7. The molecule has 0 spiro atoms. The zero-order valence-electron chi connectivity index (χ0n) is 32.1. The monoisotopic (exact) mass is 794 g/mol. The Morgan fingerprint density at radius 1 is 0.667 bits per heavy atom. The first-order chi connectivity index (χ1) is 27.2. The van der Waals surface area contributed by atoms with Crippen molar-refractivity contribution in [2.75, 3.05) is 13.2 Å². The van der Waals surface area contributed by atoms with E-state index in [0.717, 1.165) is 5.69 Å². The predicted molar refractivity (Wildman–Crippen MR) is 207 cm³/mol. The van der Waals surface area contributed by atoms with Crippen molar-refractivity contribution in [2.45, 2.75) is 102 Å². The molecule has 310 valence electrons. The van der Waals surface area contributed by atoms with E-state index in [1.165, 1.54) is 43.3 Å². The first kappa shape index (κ1) is 45.3. The Hall–Kier alpha value is -6.08. The highest BCUT2D eigenvalue weighted by molar-refractivity contribution is 5.96. The molecule has 0 fully saturated rings. The quantitative estimate of drug-likeness (QED) is 0.0474. The fourth-order valence-electron chi connectivity index (χ4n) is 5.85. The molecular formula is C38H54N10O9. The van der Waals surface area contributed by atoms with Gasteiger partial charge in [-0.1, -0.05) is 29.5 Å². The smallest absolute Gasteiger partial charge is 0.245 e. The first-order valence-electron chi connectivity index (χ1n) is 18.7. The number of benzene rings is 2. The number of unbranched alkanes of at least 4 members (excludes halogenated alkanes) is 2. The molecule has 0 unspecified atom stereocenters. The summed E-state index contributed by atoms with van der Waals surface area (Å²) in [7, 11) is 0. The molecule has 0 aliphatic carbocycles. The summed E-state index contributed by atoms with van der Waals surface area (Å²) >= 11 is 0. The number of carbonyl (C=O) groups excluding carboxylic acids is 6. The van der Waals surface area contributed by atoms with Crippen LogP contribution in [0.2, 0.25) is 0 Å². The number of amides is 6. The number of primary amides is 1. The number of aromatic hydroxyl groups is 2. The highest BCUT2D eigenvalue weighted by Crippen LogP contribution is 2.14. The van der Waals surface area contributed by atoms with Gasteiger partial charge in [0.05, 0.1) is 12.3 Å². The number of hydrogen-bond acceptors (Lipinski definition) is 12. The van der Waals surface area contributed by atoms with Crippen molar-refractivity contribution in [1.29, 1.82) is 0 Å². The third-order valence-corrected chi connectivity index (χ3v) is 8.92. The van der Waals surface area contributed by atoms with Crippen molar-refractivity contribution in [3.63, 3.8) is 0 Å². The number of nitrogens with one attached hydrogen (secondary N) is 5. The van der Waals surface area contributed by atoms with E-state index in [1.807, 2.05) is 6.92 Å². The first-order valence-corrected chi connectivity index (χ1v) is 18.7. The van der Waals surface area contributed by atoms with Crippen molar-refractivity contribution in [2.24, 2.45) is 11.5 Å². The summed E-state index contributed by atoms with van der Waals surface area (Å²) in [4.78, 5) is 78.8. The van der Waals surface area contributed by atoms with Gasteiger partial charge in [0.25, 0.3) is 0 Å². The molecule has 1 heterocycles. The van der Waals surface area contributed by atoms with Crippen LogP contribution in [0.25, 0.3) is 0 Å². The number of aryl methyl sites for hydroxylation is 2. The zero-order chi connectivity index (χ0) is 41.9. The average Bonchev–Trinajstić information content (AvgIpc) is 3.59. The lowest BCUT2D eigenvalue weighted by Crippen LogP contribution is -2.60. The van der Waals surface area contributed by atoms with E-state index in [9.17, 15) is 44.1 Å². The second kappa shape index (κ2) is 23.1. The lowest BCUT2D eigenvalue weighted by molar-refractivity contribution is -0.135. The van der Waals surface area contributed by atoms with Crippen LogP contribution in [-0.4, -0.2) is 109 Å². The molecule has 6 amide bonds. The highest BCUT2D eigenvalue weighted by Gasteiger charge is 2.32. The lowest BCUT2D eigenvalue weighted by Gasteiger charge is -2.27. The summed E-state index contributed by atoms with van der Waals surface area (Å²) < 4.78 is 1.67. The van der Waals surface area contributed by atoms with E-state index < -0.39 is 72.3 Å². The fourth-order valence-corrected chi connectivity index (χ4v) is 5.85. The minimum Gasteiger partial charge on any atom is -0.508 e. The van der Waals surface area contributed by atoms with Crippen LogP contribution in [0.5, 0.6) is 11.5 Å². The molecular weight excluding hydrogens is 740 g/mol. The van der Waals surface area contributed by atoms with E-state index in [4.69, 9.17) is 11.5 Å². The zero-order valence-corrected chi connectivity index (χ0v) is 32.1. The number of hydrogen-bond donors (Lipinski definition) is 10. The number of aliphatic hydroxyl groups excluding tert-OH is 1. The fraction of sp³-hybridized carbons (Fsp3) is 0.474. The molecule has 19 nitrogen and oxygen atoms in total. The van der Waals surface area contributed by atoms with Crippen LogP contribution in [0.15, 0.2) is 54.7 Å². The van der Waals surface area contributed by atoms with Gasteiger partial charge >= 0.3 is 0 Å². The molecule has 0 saturated carbocycles. The normalized spacial score (nSPS) is 13.6. The summed E-state index contributed by atoms with van der Waals surface area (Å²) in [6.45, 7) is 3.05. The molecule has 0 saturated heterocycles. The van der Waals surface area contributed by atoms with Gasteiger partial charge in [0.15, 0.2) is 0 Å². The molecule has 2 aromatic carbocycles. The maximum atomic E-state index is 14.0. The topological polar surface area (TPSA) is 306 Å². The molecule has 0 radical (unpaired) electrons. The van der Waals surface area contributed by atoms with E-state index in [0.29, 0.717) is 49.9 Å². The third-order valence-electron chi connectivity index (χ3n) is 8.92. The molecule has 57 heavy (non-hydrogen) atoms. The van der Waals surface area contributed by atoms with Crippen LogP contribution < -0.4 is 38.1 Å². The summed E-state index contributed by atoms with van der Waals surface area (Å²) in [5.74, 6) is -4.51. The number of phenols is 2. The Balaban J connectivity index is 1.77. The molecule has 0 bridgehead atoms. The van der Waals surface area contributed by atoms with E-state index >= 15 is 0 Å². The minimum atomic E-state index is -1.55. The Bertz CT molecular complexity index is 1790. The minimum absolute atomic E-state index is 0.000683. The molecule has 12 N–H and O–H groups in total. The van der Waals surface area contributed by atoms with Gasteiger partial charge in [0.1, 0.15) is 41.7 Å². The van der Waals surface area contributed by atoms with Gasteiger partial charge in [-0.15, -0.1) is 5.10 Å². The van der Waals surface area contributed by atoms with Crippen LogP contribution in [0.3, 0.4) is 0 Å². The van der Waals surface area contributed by atoms with Gasteiger partial charge in [-0.05, 0) is 87.4 Å². The van der Waals surface area contributed by atoms with Crippen LogP contribution in [0, 0.1) is 6.92 Å². The highest BCUT2D eigenvalue weighted by atomic mass is 16.3. The van der Waals surface area contributed by atoms with Crippen molar-refractivity contribution in [3.8, 4) is 11.5 Å². The van der Waals surface area contributed by atoms with E-state index in [1.54, 1.807) is 23.0 Å². The molecule has 0 aliphatic rings. The Morgan fingerprint density at radius 2 is 1.12 bits per heavy atom. The summed E-state index contributed by atoms with van der Waals surface area (Å²) in [5.41, 5.74) is 13.1. The van der Waals surface area contributed by atoms with E-state index in [-0.39, 0.29) is 37.2 Å². The van der Waals surface area contributed by atoms with Crippen molar-refractivity contribution >= 4 is 35.4 Å². The summed E-state index contributed by atoms with van der Waals surface area (Å²) in [6, 6.07) is 5.54. The van der Waals surface area contributed by atoms with Gasteiger partial charge in [0, 0.05) is 32.5 Å². The van der Waals surface area contributed by atoms with Crippen molar-refractivity contribution in [3.05, 3.63) is 71.5 Å². The Labute approximate surface area is 330 Å². The maximum absolute atomic E-state index is 14.0. The third kappa shape index (κ3) is 15.9. The number of rotatable bonds is 24. The van der Waals surface area contributed by atoms with Gasteiger partial charge < -0.3 is 53.4 Å². The van der Waals surface area contributed by atoms with Crippen LogP contribution in [0.1, 0.15) is 62.3 Å². The molecule has 19 heteroatoms. The van der Waals surface area contributed by atoms with Gasteiger partial charge in [-0.3, -0.25) is 33.4 Å². The maximum Gasteiger partial charge on any atom is 0.245 e. The summed E-state index contributed by atoms with van der Waals surface area (Å²) in [5, 5.41) is 50.3. The molecule has 5 atom stereocenters. The molecule has 0 aliphatic heterocycles. The number of nitrogens with two attached hydrogens (primary N) is 2. The van der Waals surface area contributed by atoms with Crippen molar-refractivity contribution in [1.82, 2.24) is 41.6 Å². The number of aliphatic hydroxyl groups is 1. The Kier molecular flexibility index (Phi) is 18.4. The van der Waals surface area contributed by atoms with Crippen LogP contribution in [0.4, 0.5) is 0 Å².